The molecule has 0 atom stereocenters. The van der Waals surface area contributed by atoms with E-state index < -0.39 is 0 Å². The van der Waals surface area contributed by atoms with Crippen molar-refractivity contribution in [1.82, 2.24) is 0 Å². The van der Waals surface area contributed by atoms with Crippen LogP contribution in [0.15, 0.2) is 8.06 Å². The molecule has 3 heteroatoms. The van der Waals surface area contributed by atoms with E-state index in [-0.39, 0.29) is 0 Å². The van der Waals surface area contributed by atoms with Gasteiger partial charge in [-0.3, -0.25) is 4.79 Å². The monoisotopic (exact) mass is 314 g/mol. The average Bonchev–Trinajstić information content (AvgIpc) is 1.88. The van der Waals surface area contributed by atoms with Crippen LogP contribution in [0, 0.1) is 0 Å². The molecular weight excluding hydrogens is 307 g/mol. The Morgan fingerprint density at radius 3 is 2.40 bits per heavy atom. The standard InChI is InChI=1S/C7H8BrIO/c8-7(9)5-3-1-2-4-6(5)10/h1-4H2. The molecule has 1 aliphatic rings. The molecule has 0 aromatic rings. The Balaban J connectivity index is 2.75. The highest BCUT2D eigenvalue weighted by atomic mass is 127. The summed E-state index contributed by atoms with van der Waals surface area (Å²) in [5.41, 5.74) is 0.992. The fourth-order valence-electron chi connectivity index (χ4n) is 1.08. The van der Waals surface area contributed by atoms with E-state index in [1.165, 1.54) is 6.42 Å². The van der Waals surface area contributed by atoms with Gasteiger partial charge in [0.2, 0.25) is 0 Å². The quantitative estimate of drug-likeness (QED) is 0.496. The Hall–Kier alpha value is 0.620. The van der Waals surface area contributed by atoms with E-state index in [0.29, 0.717) is 5.78 Å². The molecule has 1 nitrogen and oxygen atoms in total. The van der Waals surface area contributed by atoms with E-state index in [1.807, 2.05) is 0 Å². The first-order valence-electron chi connectivity index (χ1n) is 3.29. The van der Waals surface area contributed by atoms with Gasteiger partial charge < -0.3 is 0 Å². The molecule has 0 aromatic carbocycles. The molecule has 0 saturated heterocycles. The van der Waals surface area contributed by atoms with Gasteiger partial charge >= 0.3 is 0 Å². The van der Waals surface area contributed by atoms with Gasteiger partial charge in [-0.25, -0.2) is 0 Å². The van der Waals surface area contributed by atoms with Crippen LogP contribution in [0.4, 0.5) is 0 Å². The van der Waals surface area contributed by atoms with Crippen LogP contribution in [0.2, 0.25) is 0 Å². The molecule has 10 heavy (non-hydrogen) atoms. The van der Waals surface area contributed by atoms with Crippen molar-refractivity contribution in [3.05, 3.63) is 8.06 Å². The van der Waals surface area contributed by atoms with Crippen LogP contribution in [0.25, 0.3) is 0 Å². The summed E-state index contributed by atoms with van der Waals surface area (Å²) in [5, 5.41) is 0. The highest BCUT2D eigenvalue weighted by Gasteiger charge is 2.16. The summed E-state index contributed by atoms with van der Waals surface area (Å²) in [6.07, 6.45) is 3.94. The summed E-state index contributed by atoms with van der Waals surface area (Å²) in [6, 6.07) is 0. The number of allylic oxidation sites excluding steroid dienone is 1. The number of carbonyl (C=O) groups excluding carboxylic acids is 1. The maximum Gasteiger partial charge on any atom is 0.160 e. The zero-order chi connectivity index (χ0) is 7.56. The Bertz CT molecular complexity index is 182. The fourth-order valence-corrected chi connectivity index (χ4v) is 2.07. The van der Waals surface area contributed by atoms with Gasteiger partial charge in [-0.1, -0.05) is 0 Å². The summed E-state index contributed by atoms with van der Waals surface area (Å²) in [6.45, 7) is 0. The van der Waals surface area contributed by atoms with Crippen LogP contribution in [-0.4, -0.2) is 5.78 Å². The molecular formula is C7H8BrIO. The Kier molecular flexibility index (Phi) is 3.36. The van der Waals surface area contributed by atoms with Crippen molar-refractivity contribution >= 4 is 44.3 Å². The number of carbonyl (C=O) groups is 1. The lowest BCUT2D eigenvalue weighted by molar-refractivity contribution is -0.116. The smallest absolute Gasteiger partial charge is 0.160 e. The number of ketones is 1. The minimum atomic E-state index is 0.326. The van der Waals surface area contributed by atoms with Crippen LogP contribution in [-0.2, 0) is 4.79 Å². The van der Waals surface area contributed by atoms with Crippen LogP contribution in [0.3, 0.4) is 0 Å². The van der Waals surface area contributed by atoms with Crippen LogP contribution in [0.1, 0.15) is 25.7 Å². The van der Waals surface area contributed by atoms with Gasteiger partial charge in [0, 0.05) is 12.0 Å². The molecule has 0 N–H and O–H groups in total. The fraction of sp³-hybridized carbons (Fsp3) is 0.571. The van der Waals surface area contributed by atoms with Crippen molar-refractivity contribution in [2.24, 2.45) is 0 Å². The minimum Gasteiger partial charge on any atom is -0.294 e. The van der Waals surface area contributed by atoms with Crippen molar-refractivity contribution in [1.29, 1.82) is 0 Å². The average molecular weight is 315 g/mol. The minimum absolute atomic E-state index is 0.326. The summed E-state index contributed by atoms with van der Waals surface area (Å²) in [7, 11) is 0. The molecule has 1 aliphatic carbocycles. The highest BCUT2D eigenvalue weighted by Crippen LogP contribution is 2.29. The van der Waals surface area contributed by atoms with Crippen LogP contribution >= 0.6 is 38.5 Å². The van der Waals surface area contributed by atoms with Gasteiger partial charge in [0.15, 0.2) is 5.78 Å². The number of hydrogen-bond acceptors (Lipinski definition) is 1. The number of rotatable bonds is 0. The van der Waals surface area contributed by atoms with Crippen molar-refractivity contribution < 1.29 is 4.79 Å². The highest BCUT2D eigenvalue weighted by molar-refractivity contribution is 14.1. The molecule has 0 aliphatic heterocycles. The molecule has 0 heterocycles. The normalized spacial score (nSPS) is 24.8. The predicted molar refractivity (Wildman–Crippen MR) is 53.4 cm³/mol. The molecule has 0 bridgehead atoms. The summed E-state index contributed by atoms with van der Waals surface area (Å²) >= 11 is 5.47. The van der Waals surface area contributed by atoms with Gasteiger partial charge in [0.25, 0.3) is 0 Å². The summed E-state index contributed by atoms with van der Waals surface area (Å²) in [4.78, 5) is 11.1. The van der Waals surface area contributed by atoms with Gasteiger partial charge in [-0.2, -0.15) is 0 Å². The van der Waals surface area contributed by atoms with Crippen LogP contribution < -0.4 is 0 Å². The van der Waals surface area contributed by atoms with Crippen molar-refractivity contribution in [3.63, 3.8) is 0 Å². The van der Waals surface area contributed by atoms with Gasteiger partial charge in [0.1, 0.15) is 0 Å². The number of Topliss-reactive ketones (excluding diaryl/α,β-unsaturated/α-hetero) is 1. The molecule has 0 radical (unpaired) electrons. The third kappa shape index (κ3) is 2.05. The first-order chi connectivity index (χ1) is 4.72. The van der Waals surface area contributed by atoms with E-state index in [1.54, 1.807) is 0 Å². The predicted octanol–water partition coefficient (Wildman–Crippen LogP) is 3.17. The second-order valence-corrected chi connectivity index (χ2v) is 5.72. The zero-order valence-electron chi connectivity index (χ0n) is 5.49. The number of hydrogen-bond donors (Lipinski definition) is 0. The van der Waals surface area contributed by atoms with Crippen molar-refractivity contribution in [3.8, 4) is 0 Å². The third-order valence-electron chi connectivity index (χ3n) is 1.65. The summed E-state index contributed by atoms with van der Waals surface area (Å²) < 4.78 is 0.995. The van der Waals surface area contributed by atoms with Crippen molar-refractivity contribution in [2.45, 2.75) is 25.7 Å². The third-order valence-corrected chi connectivity index (χ3v) is 2.78. The molecule has 0 aromatic heterocycles. The topological polar surface area (TPSA) is 17.1 Å². The molecule has 1 saturated carbocycles. The molecule has 0 unspecified atom stereocenters. The molecule has 0 spiro atoms. The summed E-state index contributed by atoms with van der Waals surface area (Å²) in [5.74, 6) is 0.326. The lowest BCUT2D eigenvalue weighted by atomic mass is 9.95. The van der Waals surface area contributed by atoms with E-state index in [2.05, 4.69) is 38.5 Å². The van der Waals surface area contributed by atoms with E-state index >= 15 is 0 Å². The molecule has 1 rings (SSSR count). The van der Waals surface area contributed by atoms with Crippen molar-refractivity contribution in [2.75, 3.05) is 0 Å². The second-order valence-electron chi connectivity index (χ2n) is 2.37. The molecule has 0 amide bonds. The Morgan fingerprint density at radius 2 is 2.00 bits per heavy atom. The lowest BCUT2D eigenvalue weighted by Crippen LogP contribution is -2.08. The maximum atomic E-state index is 11.1. The Labute approximate surface area is 82.5 Å². The lowest BCUT2D eigenvalue weighted by Gasteiger charge is -2.11. The molecule has 56 valence electrons. The van der Waals surface area contributed by atoms with Gasteiger partial charge in [-0.15, -0.1) is 0 Å². The first kappa shape index (κ1) is 8.71. The maximum absolute atomic E-state index is 11.1. The van der Waals surface area contributed by atoms with Crippen LogP contribution in [0.5, 0.6) is 0 Å². The van der Waals surface area contributed by atoms with E-state index in [4.69, 9.17) is 0 Å². The molecule has 1 fully saturated rings. The first-order valence-corrected chi connectivity index (χ1v) is 5.16. The Morgan fingerprint density at radius 1 is 1.40 bits per heavy atom. The SMILES string of the molecule is O=C1CCCCC1=C(Br)I. The van der Waals surface area contributed by atoms with Gasteiger partial charge in [0.05, 0.1) is 2.49 Å². The van der Waals surface area contributed by atoms with E-state index in [9.17, 15) is 4.79 Å². The van der Waals surface area contributed by atoms with E-state index in [0.717, 1.165) is 27.3 Å². The second kappa shape index (κ2) is 3.85. The largest absolute Gasteiger partial charge is 0.294 e. The number of halogens is 2. The van der Waals surface area contributed by atoms with Gasteiger partial charge in [-0.05, 0) is 57.8 Å². The zero-order valence-corrected chi connectivity index (χ0v) is 9.24.